The molecule has 154 valence electrons. The van der Waals surface area contributed by atoms with Gasteiger partial charge in [0.2, 0.25) is 0 Å². The van der Waals surface area contributed by atoms with Crippen molar-refractivity contribution in [3.63, 3.8) is 0 Å². The molecular formula is C20H18N4O6. The molecule has 10 nitrogen and oxygen atoms in total. The number of amides is 1. The van der Waals surface area contributed by atoms with Crippen molar-refractivity contribution in [2.75, 3.05) is 26.6 Å². The van der Waals surface area contributed by atoms with Crippen molar-refractivity contribution in [2.24, 2.45) is 0 Å². The minimum absolute atomic E-state index is 0.267. The Morgan fingerprint density at radius 3 is 2.50 bits per heavy atom. The smallest absolute Gasteiger partial charge is 0.439 e. The van der Waals surface area contributed by atoms with Gasteiger partial charge in [-0.3, -0.25) is 14.3 Å². The molecular weight excluding hydrogens is 392 g/mol. The quantitative estimate of drug-likeness (QED) is 0.445. The zero-order valence-corrected chi connectivity index (χ0v) is 16.4. The molecule has 4 rings (SSSR count). The van der Waals surface area contributed by atoms with Gasteiger partial charge in [-0.2, -0.15) is 0 Å². The Labute approximate surface area is 169 Å². The molecule has 0 atom stereocenters. The molecule has 2 heterocycles. The van der Waals surface area contributed by atoms with Crippen molar-refractivity contribution < 1.29 is 23.5 Å². The van der Waals surface area contributed by atoms with Crippen molar-refractivity contribution >= 4 is 22.5 Å². The molecule has 0 bridgehead atoms. The summed E-state index contributed by atoms with van der Waals surface area (Å²) < 4.78 is 20.7. The van der Waals surface area contributed by atoms with Crippen molar-refractivity contribution in [3.05, 3.63) is 52.6 Å². The highest BCUT2D eigenvalue weighted by Crippen LogP contribution is 2.41. The first-order valence-corrected chi connectivity index (χ1v) is 8.83. The molecule has 2 aromatic heterocycles. The fraction of sp³-hybridized carbons (Fsp3) is 0.150. The minimum Gasteiger partial charge on any atom is -0.496 e. The Hall–Kier alpha value is -4.21. The first-order chi connectivity index (χ1) is 14.5. The normalized spacial score (nSPS) is 10.8. The second-order valence-corrected chi connectivity index (χ2v) is 6.26. The third kappa shape index (κ3) is 3.34. The van der Waals surface area contributed by atoms with Crippen LogP contribution in [0.15, 0.2) is 45.7 Å². The minimum atomic E-state index is -0.657. The first-order valence-electron chi connectivity index (χ1n) is 8.83. The molecule has 0 aliphatic rings. The van der Waals surface area contributed by atoms with Gasteiger partial charge in [0.15, 0.2) is 17.3 Å². The van der Waals surface area contributed by atoms with E-state index in [-0.39, 0.29) is 11.7 Å². The van der Waals surface area contributed by atoms with Crippen molar-refractivity contribution in [1.82, 2.24) is 15.1 Å². The molecule has 1 amide bonds. The molecule has 0 radical (unpaired) electrons. The number of hydrogen-bond donors (Lipinski definition) is 3. The van der Waals surface area contributed by atoms with Gasteiger partial charge in [-0.25, -0.2) is 4.79 Å². The number of benzene rings is 2. The number of hydrogen-bond acceptors (Lipinski definition) is 7. The summed E-state index contributed by atoms with van der Waals surface area (Å²) in [5.41, 5.74) is 1.97. The summed E-state index contributed by atoms with van der Waals surface area (Å²) in [6.07, 6.45) is 0. The summed E-state index contributed by atoms with van der Waals surface area (Å²) in [5.74, 6) is 0.711. The summed E-state index contributed by atoms with van der Waals surface area (Å²) in [7, 11) is 4.58. The van der Waals surface area contributed by atoms with Gasteiger partial charge >= 0.3 is 5.76 Å². The van der Waals surface area contributed by atoms with Gasteiger partial charge in [-0.15, -0.1) is 0 Å². The highest BCUT2D eigenvalue weighted by atomic mass is 16.5. The second kappa shape index (κ2) is 7.66. The van der Waals surface area contributed by atoms with Crippen LogP contribution in [-0.2, 0) is 0 Å². The number of ether oxygens (including phenoxy) is 3. The van der Waals surface area contributed by atoms with Crippen molar-refractivity contribution in [1.29, 1.82) is 0 Å². The number of methoxy groups -OCH3 is 3. The van der Waals surface area contributed by atoms with Gasteiger partial charge in [-0.1, -0.05) is 17.3 Å². The molecule has 4 aromatic rings. The Bertz CT molecular complexity index is 1290. The van der Waals surface area contributed by atoms with Gasteiger partial charge in [0.1, 0.15) is 11.4 Å². The topological polar surface area (TPSA) is 131 Å². The lowest BCUT2D eigenvalue weighted by atomic mass is 10.2. The number of anilines is 1. The maximum atomic E-state index is 12.8. The molecule has 0 fully saturated rings. The average molecular weight is 410 g/mol. The molecule has 10 heteroatoms. The molecule has 3 N–H and O–H groups in total. The van der Waals surface area contributed by atoms with Crippen LogP contribution >= 0.6 is 0 Å². The molecule has 0 saturated heterocycles. The standard InChI is InChI=1S/C20H18N4O6/c1-27-14-9-15(28-2)17(29-3)16-12(14)8-13(22-16)19(25)21-11-6-4-5-10(7-11)18-23-20(26)30-24-18/h4-9,22H,1-3H3,(H,21,25)(H,23,24,26). The predicted molar refractivity (Wildman–Crippen MR) is 108 cm³/mol. The van der Waals surface area contributed by atoms with Crippen LogP contribution < -0.4 is 25.3 Å². The number of carbonyl (C=O) groups excluding carboxylic acids is 1. The van der Waals surface area contributed by atoms with E-state index in [0.717, 1.165) is 0 Å². The van der Waals surface area contributed by atoms with Crippen LogP contribution in [0.1, 0.15) is 10.5 Å². The highest BCUT2D eigenvalue weighted by Gasteiger charge is 2.19. The van der Waals surface area contributed by atoms with Crippen LogP contribution in [-0.4, -0.2) is 42.4 Å². The number of fused-ring (bicyclic) bond motifs is 1. The third-order valence-electron chi connectivity index (χ3n) is 4.52. The molecule has 0 aliphatic heterocycles. The van der Waals surface area contributed by atoms with Crippen LogP contribution in [0.2, 0.25) is 0 Å². The van der Waals surface area contributed by atoms with Crippen molar-refractivity contribution in [2.45, 2.75) is 0 Å². The van der Waals surface area contributed by atoms with E-state index in [0.29, 0.717) is 45.1 Å². The fourth-order valence-electron chi connectivity index (χ4n) is 3.16. The lowest BCUT2D eigenvalue weighted by Gasteiger charge is -2.11. The Morgan fingerprint density at radius 2 is 1.83 bits per heavy atom. The van der Waals surface area contributed by atoms with E-state index in [1.54, 1.807) is 36.4 Å². The summed E-state index contributed by atoms with van der Waals surface area (Å²) in [6.45, 7) is 0. The number of aromatic amines is 2. The van der Waals surface area contributed by atoms with Gasteiger partial charge in [0, 0.05) is 22.7 Å². The molecule has 0 unspecified atom stereocenters. The Kier molecular flexibility index (Phi) is 4.88. The number of carbonyl (C=O) groups is 1. The van der Waals surface area contributed by atoms with E-state index in [9.17, 15) is 9.59 Å². The first kappa shape index (κ1) is 19.1. The predicted octanol–water partition coefficient (Wildman–Crippen LogP) is 2.79. The monoisotopic (exact) mass is 410 g/mol. The molecule has 0 saturated carbocycles. The van der Waals surface area contributed by atoms with Gasteiger partial charge in [0.25, 0.3) is 5.91 Å². The molecule has 0 aliphatic carbocycles. The number of nitrogens with zero attached hydrogens (tertiary/aromatic N) is 1. The molecule has 0 spiro atoms. The van der Waals surface area contributed by atoms with Crippen LogP contribution in [0.25, 0.3) is 22.3 Å². The number of nitrogens with one attached hydrogen (secondary N) is 3. The summed E-state index contributed by atoms with van der Waals surface area (Å²) in [5, 5.41) is 7.13. The van der Waals surface area contributed by atoms with E-state index in [2.05, 4.69) is 25.0 Å². The van der Waals surface area contributed by atoms with E-state index in [1.807, 2.05) is 0 Å². The van der Waals surface area contributed by atoms with Crippen molar-refractivity contribution in [3.8, 4) is 28.6 Å². The zero-order chi connectivity index (χ0) is 21.3. The molecule has 2 aromatic carbocycles. The third-order valence-corrected chi connectivity index (χ3v) is 4.52. The summed E-state index contributed by atoms with van der Waals surface area (Å²) in [4.78, 5) is 29.5. The lowest BCUT2D eigenvalue weighted by molar-refractivity contribution is 0.102. The highest BCUT2D eigenvalue weighted by molar-refractivity contribution is 6.08. The lowest BCUT2D eigenvalue weighted by Crippen LogP contribution is -2.12. The largest absolute Gasteiger partial charge is 0.496 e. The number of aromatic nitrogens is 3. The van der Waals surface area contributed by atoms with E-state index in [1.165, 1.54) is 21.3 Å². The van der Waals surface area contributed by atoms with Gasteiger partial charge in [-0.05, 0) is 18.2 Å². The van der Waals surface area contributed by atoms with Crippen LogP contribution in [0.4, 0.5) is 5.69 Å². The van der Waals surface area contributed by atoms with Crippen LogP contribution in [0, 0.1) is 0 Å². The number of rotatable bonds is 6. The van der Waals surface area contributed by atoms with E-state index < -0.39 is 5.76 Å². The average Bonchev–Trinajstić information content (AvgIpc) is 3.39. The Balaban J connectivity index is 1.68. The molecule has 30 heavy (non-hydrogen) atoms. The maximum absolute atomic E-state index is 12.8. The van der Waals surface area contributed by atoms with E-state index in [4.69, 9.17) is 14.2 Å². The zero-order valence-electron chi connectivity index (χ0n) is 16.4. The Morgan fingerprint density at radius 1 is 1.03 bits per heavy atom. The summed E-state index contributed by atoms with van der Waals surface area (Å²) in [6, 6.07) is 10.2. The SMILES string of the molecule is COc1cc(OC)c2cc(C(=O)Nc3cccc(-c4noc(=O)[nH]4)c3)[nH]c2c1OC. The van der Waals surface area contributed by atoms with Crippen LogP contribution in [0.5, 0.6) is 17.2 Å². The van der Waals surface area contributed by atoms with E-state index >= 15 is 0 Å². The summed E-state index contributed by atoms with van der Waals surface area (Å²) >= 11 is 0. The van der Waals surface area contributed by atoms with Crippen LogP contribution in [0.3, 0.4) is 0 Å². The van der Waals surface area contributed by atoms with Gasteiger partial charge < -0.3 is 24.5 Å². The van der Waals surface area contributed by atoms with Gasteiger partial charge in [0.05, 0.1) is 26.8 Å². The fourth-order valence-corrected chi connectivity index (χ4v) is 3.16. The number of H-pyrrole nitrogens is 2. The maximum Gasteiger partial charge on any atom is 0.439 e. The second-order valence-electron chi connectivity index (χ2n) is 6.26.